The lowest BCUT2D eigenvalue weighted by Gasteiger charge is -2.03. The Kier molecular flexibility index (Phi) is 4.60. The van der Waals surface area contributed by atoms with Crippen molar-refractivity contribution in [2.45, 2.75) is 6.92 Å². The molecule has 134 valence electrons. The molecule has 1 heterocycles. The van der Waals surface area contributed by atoms with Gasteiger partial charge in [-0.15, -0.1) is 11.3 Å². The van der Waals surface area contributed by atoms with Crippen LogP contribution in [-0.4, -0.2) is 23.4 Å². The topological polar surface area (TPSA) is 54.7 Å². The molecule has 0 fully saturated rings. The van der Waals surface area contributed by atoms with Crippen LogP contribution >= 0.6 is 11.3 Å². The highest BCUT2D eigenvalue weighted by Crippen LogP contribution is 2.31. The highest BCUT2D eigenvalue weighted by molar-refractivity contribution is 7.21. The van der Waals surface area contributed by atoms with Crippen LogP contribution in [0.1, 0.15) is 11.1 Å². The average molecular weight is 374 g/mol. The Bertz CT molecular complexity index is 1130. The van der Waals surface area contributed by atoms with Gasteiger partial charge in [-0.3, -0.25) is 4.99 Å². The van der Waals surface area contributed by atoms with Crippen LogP contribution in [0.2, 0.25) is 0 Å². The lowest BCUT2D eigenvalue weighted by molar-refractivity contribution is 0.373. The first-order valence-corrected chi connectivity index (χ1v) is 9.33. The fourth-order valence-corrected chi connectivity index (χ4v) is 3.85. The van der Waals surface area contributed by atoms with Crippen molar-refractivity contribution in [1.82, 2.24) is 4.98 Å². The highest BCUT2D eigenvalue weighted by Gasteiger charge is 2.06. The van der Waals surface area contributed by atoms with Crippen LogP contribution in [-0.2, 0) is 0 Å². The Balaban J connectivity index is 1.55. The smallest absolute Gasteiger partial charge is 0.160 e. The van der Waals surface area contributed by atoms with E-state index in [1.54, 1.807) is 29.7 Å². The quantitative estimate of drug-likeness (QED) is 0.464. The van der Waals surface area contributed by atoms with Crippen molar-refractivity contribution in [3.05, 3.63) is 71.8 Å². The average Bonchev–Trinajstić information content (AvgIpc) is 3.10. The van der Waals surface area contributed by atoms with Crippen LogP contribution in [0.4, 0.5) is 5.69 Å². The zero-order chi connectivity index (χ0) is 18.8. The Hall–Kier alpha value is -3.18. The number of hydrogen-bond acceptors (Lipinski definition) is 5. The third-order valence-electron chi connectivity index (χ3n) is 4.22. The molecule has 3 aromatic carbocycles. The summed E-state index contributed by atoms with van der Waals surface area (Å²) >= 11 is 1.70. The van der Waals surface area contributed by atoms with Crippen LogP contribution in [0.25, 0.3) is 20.8 Å². The van der Waals surface area contributed by atoms with Crippen molar-refractivity contribution in [3.8, 4) is 22.1 Å². The van der Waals surface area contributed by atoms with Crippen LogP contribution < -0.4 is 4.74 Å². The number of ether oxygens (including phenoxy) is 1. The molecule has 0 saturated carbocycles. The van der Waals surface area contributed by atoms with Gasteiger partial charge in [0, 0.05) is 11.8 Å². The molecule has 4 rings (SSSR count). The molecule has 0 bridgehead atoms. The Morgan fingerprint density at radius 1 is 1.04 bits per heavy atom. The van der Waals surface area contributed by atoms with E-state index >= 15 is 0 Å². The van der Waals surface area contributed by atoms with Gasteiger partial charge in [0.25, 0.3) is 0 Å². The number of fused-ring (bicyclic) bond motifs is 1. The van der Waals surface area contributed by atoms with E-state index < -0.39 is 0 Å². The van der Waals surface area contributed by atoms with Crippen molar-refractivity contribution >= 4 is 33.5 Å². The lowest BCUT2D eigenvalue weighted by atomic mass is 10.2. The number of aryl methyl sites for hydroxylation is 1. The van der Waals surface area contributed by atoms with E-state index in [9.17, 15) is 5.11 Å². The highest BCUT2D eigenvalue weighted by atomic mass is 32.1. The number of aliphatic imine (C=N–C) groups is 1. The zero-order valence-corrected chi connectivity index (χ0v) is 15.8. The Labute approximate surface area is 161 Å². The molecule has 0 saturated heterocycles. The minimum atomic E-state index is 0.0999. The second-order valence-corrected chi connectivity index (χ2v) is 7.26. The second-order valence-electron chi connectivity index (χ2n) is 6.23. The summed E-state index contributed by atoms with van der Waals surface area (Å²) < 4.78 is 6.25. The van der Waals surface area contributed by atoms with Crippen molar-refractivity contribution in [2.75, 3.05) is 7.11 Å². The molecule has 0 aliphatic heterocycles. The molecule has 0 amide bonds. The molecule has 4 nitrogen and oxygen atoms in total. The maximum atomic E-state index is 9.84. The Morgan fingerprint density at radius 2 is 1.85 bits per heavy atom. The van der Waals surface area contributed by atoms with Crippen LogP contribution in [0, 0.1) is 6.92 Å². The van der Waals surface area contributed by atoms with Gasteiger partial charge in [-0.25, -0.2) is 4.98 Å². The normalized spacial score (nSPS) is 11.3. The van der Waals surface area contributed by atoms with Gasteiger partial charge < -0.3 is 9.84 Å². The molecule has 0 aliphatic carbocycles. The van der Waals surface area contributed by atoms with E-state index in [4.69, 9.17) is 9.72 Å². The molecular formula is C22H18N2O2S. The van der Waals surface area contributed by atoms with Gasteiger partial charge in [0.1, 0.15) is 5.01 Å². The number of rotatable bonds is 4. The van der Waals surface area contributed by atoms with E-state index in [-0.39, 0.29) is 5.75 Å². The van der Waals surface area contributed by atoms with E-state index in [0.717, 1.165) is 27.3 Å². The molecule has 5 heteroatoms. The molecule has 0 atom stereocenters. The first kappa shape index (κ1) is 17.2. The second kappa shape index (κ2) is 7.21. The van der Waals surface area contributed by atoms with Gasteiger partial charge >= 0.3 is 0 Å². The molecule has 0 aliphatic rings. The van der Waals surface area contributed by atoms with Crippen molar-refractivity contribution in [3.63, 3.8) is 0 Å². The third kappa shape index (κ3) is 3.68. The zero-order valence-electron chi connectivity index (χ0n) is 15.0. The summed E-state index contributed by atoms with van der Waals surface area (Å²) in [5.74, 6) is 0.547. The van der Waals surface area contributed by atoms with E-state index in [2.05, 4.69) is 30.1 Å². The predicted molar refractivity (Wildman–Crippen MR) is 112 cm³/mol. The summed E-state index contributed by atoms with van der Waals surface area (Å²) in [4.78, 5) is 9.18. The van der Waals surface area contributed by atoms with Crippen molar-refractivity contribution in [2.24, 2.45) is 4.99 Å². The number of hydrogen-bond donors (Lipinski definition) is 1. The van der Waals surface area contributed by atoms with Gasteiger partial charge in [0.05, 0.1) is 23.0 Å². The van der Waals surface area contributed by atoms with Gasteiger partial charge in [0.15, 0.2) is 11.5 Å². The molecular weight excluding hydrogens is 356 g/mol. The first-order chi connectivity index (χ1) is 13.1. The number of nitrogens with zero attached hydrogens (tertiary/aromatic N) is 2. The summed E-state index contributed by atoms with van der Waals surface area (Å²) in [6.45, 7) is 2.09. The maximum Gasteiger partial charge on any atom is 0.160 e. The van der Waals surface area contributed by atoms with Gasteiger partial charge in [-0.2, -0.15) is 0 Å². The van der Waals surface area contributed by atoms with Crippen LogP contribution in [0.15, 0.2) is 65.7 Å². The van der Waals surface area contributed by atoms with E-state index in [0.29, 0.717) is 5.75 Å². The minimum absolute atomic E-state index is 0.0999. The third-order valence-corrected chi connectivity index (χ3v) is 5.29. The largest absolute Gasteiger partial charge is 0.504 e. The molecule has 0 unspecified atom stereocenters. The van der Waals surface area contributed by atoms with E-state index in [1.807, 2.05) is 30.3 Å². The molecule has 27 heavy (non-hydrogen) atoms. The Morgan fingerprint density at radius 3 is 2.59 bits per heavy atom. The molecule has 1 aromatic heterocycles. The minimum Gasteiger partial charge on any atom is -0.504 e. The number of phenolic OH excluding ortho intramolecular Hbond substituents is 1. The van der Waals surface area contributed by atoms with E-state index in [1.165, 1.54) is 17.4 Å². The number of thiazole rings is 1. The predicted octanol–water partition coefficient (Wildman–Crippen LogP) is 5.74. The number of aromatic hydroxyl groups is 1. The fourth-order valence-electron chi connectivity index (χ4n) is 2.78. The first-order valence-electron chi connectivity index (χ1n) is 8.51. The number of phenols is 1. The van der Waals surface area contributed by atoms with Crippen LogP contribution in [0.5, 0.6) is 11.5 Å². The number of methoxy groups -OCH3 is 1. The monoisotopic (exact) mass is 374 g/mol. The summed E-state index contributed by atoms with van der Waals surface area (Å²) in [6, 6.07) is 19.5. The number of benzene rings is 3. The molecule has 0 spiro atoms. The molecule has 1 N–H and O–H groups in total. The van der Waals surface area contributed by atoms with Crippen molar-refractivity contribution < 1.29 is 9.84 Å². The summed E-state index contributed by atoms with van der Waals surface area (Å²) in [5, 5.41) is 10.8. The fraction of sp³-hybridized carbons (Fsp3) is 0.0909. The van der Waals surface area contributed by atoms with Crippen molar-refractivity contribution in [1.29, 1.82) is 0 Å². The van der Waals surface area contributed by atoms with Gasteiger partial charge in [0.2, 0.25) is 0 Å². The summed E-state index contributed by atoms with van der Waals surface area (Å²) in [7, 11) is 1.52. The lowest BCUT2D eigenvalue weighted by Crippen LogP contribution is -1.86. The number of aromatic nitrogens is 1. The standard InChI is InChI=1S/C22H18N2O2S/c1-14-3-9-18-21(11-14)27-22(24-18)16-5-7-17(8-6-16)23-13-15-4-10-20(26-2)19(25)12-15/h3-13,25H,1-2H3. The molecule has 4 aromatic rings. The molecule has 0 radical (unpaired) electrons. The summed E-state index contributed by atoms with van der Waals surface area (Å²) in [6.07, 6.45) is 1.72. The SMILES string of the molecule is COc1ccc(C=Nc2ccc(-c3nc4ccc(C)cc4s3)cc2)cc1O. The van der Waals surface area contributed by atoms with Gasteiger partial charge in [-0.05, 0) is 72.6 Å². The summed E-state index contributed by atoms with van der Waals surface area (Å²) in [5.41, 5.74) is 4.99. The van der Waals surface area contributed by atoms with Crippen LogP contribution in [0.3, 0.4) is 0 Å². The maximum absolute atomic E-state index is 9.84. The van der Waals surface area contributed by atoms with Gasteiger partial charge in [-0.1, -0.05) is 6.07 Å².